The molecule has 1 aromatic carbocycles. The number of piperidine rings is 1. The molecule has 0 amide bonds. The average molecular weight is 389 g/mol. The number of anilines is 2. The number of rotatable bonds is 6. The van der Waals surface area contributed by atoms with Crippen LogP contribution >= 0.6 is 0 Å². The van der Waals surface area contributed by atoms with Crippen molar-refractivity contribution in [2.75, 3.05) is 23.3 Å². The van der Waals surface area contributed by atoms with Crippen LogP contribution in [0.4, 0.5) is 11.5 Å². The second-order valence-electron chi connectivity index (χ2n) is 8.30. The summed E-state index contributed by atoms with van der Waals surface area (Å²) in [7, 11) is 0. The fourth-order valence-electron chi connectivity index (χ4n) is 4.56. The molecule has 2 aliphatic rings. The van der Waals surface area contributed by atoms with E-state index in [0.717, 1.165) is 42.5 Å². The number of hydrogen-bond donors (Lipinski definition) is 2. The fraction of sp³-hybridized carbons (Fsp3) is 0.400. The van der Waals surface area contributed by atoms with E-state index in [1.807, 2.05) is 0 Å². The summed E-state index contributed by atoms with van der Waals surface area (Å²) in [6.45, 7) is 12.9. The Bertz CT molecular complexity index is 938. The maximum atomic E-state index is 4.83. The first-order chi connectivity index (χ1) is 14.0. The number of nitrogens with one attached hydrogen (secondary N) is 2. The predicted octanol–water partition coefficient (Wildman–Crippen LogP) is 5.27. The molecule has 0 bridgehead atoms. The molecule has 0 spiro atoms. The Balaban J connectivity index is 1.39. The topological polar surface area (TPSA) is 40.2 Å². The first-order valence-electron chi connectivity index (χ1n) is 10.8. The fourth-order valence-corrected chi connectivity index (χ4v) is 4.56. The molecule has 2 aromatic rings. The minimum atomic E-state index is 0.225. The third-order valence-electron chi connectivity index (χ3n) is 6.23. The number of aryl methyl sites for hydroxylation is 1. The number of hydrogen-bond acceptors (Lipinski definition) is 4. The molecule has 4 nitrogen and oxygen atoms in total. The molecule has 4 rings (SSSR count). The molecular formula is C25H32N4. The second kappa shape index (κ2) is 8.32. The maximum Gasteiger partial charge on any atom is 0.128 e. The lowest BCUT2D eigenvalue weighted by atomic mass is 10.0. The van der Waals surface area contributed by atoms with Gasteiger partial charge >= 0.3 is 0 Å². The van der Waals surface area contributed by atoms with E-state index in [2.05, 4.69) is 79.3 Å². The Kier molecular flexibility index (Phi) is 5.61. The minimum Gasteiger partial charge on any atom is -0.366 e. The van der Waals surface area contributed by atoms with Crippen molar-refractivity contribution >= 4 is 17.1 Å². The van der Waals surface area contributed by atoms with Crippen molar-refractivity contribution in [2.24, 2.45) is 0 Å². The van der Waals surface area contributed by atoms with Crippen LogP contribution in [0.25, 0.3) is 5.57 Å². The average Bonchev–Trinajstić information content (AvgIpc) is 3.07. The van der Waals surface area contributed by atoms with Crippen LogP contribution in [0.1, 0.15) is 49.9 Å². The van der Waals surface area contributed by atoms with Gasteiger partial charge in [0.2, 0.25) is 0 Å². The lowest BCUT2D eigenvalue weighted by molar-refractivity contribution is 0.573. The Morgan fingerprint density at radius 2 is 1.83 bits per heavy atom. The van der Waals surface area contributed by atoms with E-state index in [1.54, 1.807) is 0 Å². The SMILES string of the molecule is C=C(Nc1ccc(N2CCCCC2)nc1C)NC(C)C1=C(C)c2ccccc2C1. The molecular weight excluding hydrogens is 356 g/mol. The molecule has 152 valence electrons. The quantitative estimate of drug-likeness (QED) is 0.707. The van der Waals surface area contributed by atoms with Crippen LogP contribution in [-0.4, -0.2) is 24.1 Å². The van der Waals surface area contributed by atoms with Gasteiger partial charge in [-0.15, -0.1) is 0 Å². The summed E-state index contributed by atoms with van der Waals surface area (Å²) in [6, 6.07) is 13.2. The van der Waals surface area contributed by atoms with Gasteiger partial charge in [0, 0.05) is 19.1 Å². The third-order valence-corrected chi connectivity index (χ3v) is 6.23. The van der Waals surface area contributed by atoms with E-state index >= 15 is 0 Å². The molecule has 2 N–H and O–H groups in total. The van der Waals surface area contributed by atoms with E-state index < -0.39 is 0 Å². The van der Waals surface area contributed by atoms with Gasteiger partial charge in [-0.1, -0.05) is 30.8 Å². The van der Waals surface area contributed by atoms with Crippen molar-refractivity contribution in [1.82, 2.24) is 10.3 Å². The molecule has 4 heteroatoms. The molecule has 0 radical (unpaired) electrons. The second-order valence-corrected chi connectivity index (χ2v) is 8.30. The molecule has 1 unspecified atom stereocenters. The van der Waals surface area contributed by atoms with Gasteiger partial charge < -0.3 is 15.5 Å². The van der Waals surface area contributed by atoms with Crippen LogP contribution in [0.3, 0.4) is 0 Å². The monoisotopic (exact) mass is 388 g/mol. The van der Waals surface area contributed by atoms with Gasteiger partial charge in [0.15, 0.2) is 0 Å². The first kappa shape index (κ1) is 19.6. The molecule has 1 fully saturated rings. The number of benzene rings is 1. The molecule has 1 atom stereocenters. The van der Waals surface area contributed by atoms with E-state index in [1.165, 1.54) is 41.5 Å². The first-order valence-corrected chi connectivity index (χ1v) is 10.8. The Hall–Kier alpha value is -2.75. The van der Waals surface area contributed by atoms with Gasteiger partial charge in [0.05, 0.1) is 17.2 Å². The zero-order valence-corrected chi connectivity index (χ0v) is 17.9. The summed E-state index contributed by atoms with van der Waals surface area (Å²) in [5.74, 6) is 1.90. The highest BCUT2D eigenvalue weighted by Crippen LogP contribution is 2.34. The zero-order chi connectivity index (χ0) is 20.4. The Labute approximate surface area is 174 Å². The van der Waals surface area contributed by atoms with Gasteiger partial charge in [0.1, 0.15) is 5.82 Å². The minimum absolute atomic E-state index is 0.225. The standard InChI is InChI=1S/C25H32N4/c1-17-22-11-7-6-10-21(22)16-23(17)18(2)26-20(4)28-24-12-13-25(27-19(24)3)29-14-8-5-9-15-29/h6-7,10-13,18,26,28H,4-5,8-9,14-16H2,1-3H3. The van der Waals surface area contributed by atoms with E-state index in [-0.39, 0.29) is 6.04 Å². The van der Waals surface area contributed by atoms with Crippen LogP contribution in [0.2, 0.25) is 0 Å². The summed E-state index contributed by atoms with van der Waals surface area (Å²) in [5.41, 5.74) is 7.63. The molecule has 1 aliphatic heterocycles. The molecule has 29 heavy (non-hydrogen) atoms. The summed E-state index contributed by atoms with van der Waals surface area (Å²) in [4.78, 5) is 7.22. The van der Waals surface area contributed by atoms with Crippen molar-refractivity contribution in [3.05, 3.63) is 71.2 Å². The summed E-state index contributed by atoms with van der Waals surface area (Å²) in [5, 5.41) is 6.96. The van der Waals surface area contributed by atoms with Crippen molar-refractivity contribution in [3.63, 3.8) is 0 Å². The third kappa shape index (κ3) is 4.16. The van der Waals surface area contributed by atoms with Crippen molar-refractivity contribution in [3.8, 4) is 0 Å². The van der Waals surface area contributed by atoms with Crippen molar-refractivity contribution in [1.29, 1.82) is 0 Å². The summed E-state index contributed by atoms with van der Waals surface area (Å²) >= 11 is 0. The van der Waals surface area contributed by atoms with Gasteiger partial charge in [-0.25, -0.2) is 4.98 Å². The molecule has 1 aliphatic carbocycles. The van der Waals surface area contributed by atoms with Gasteiger partial charge in [-0.3, -0.25) is 0 Å². The summed E-state index contributed by atoms with van der Waals surface area (Å²) in [6.07, 6.45) is 4.87. The molecule has 1 saturated heterocycles. The smallest absolute Gasteiger partial charge is 0.128 e. The predicted molar refractivity (Wildman–Crippen MR) is 123 cm³/mol. The van der Waals surface area contributed by atoms with Gasteiger partial charge in [-0.05, 0) is 80.9 Å². The number of allylic oxidation sites excluding steroid dienone is 1. The molecule has 2 heterocycles. The summed E-state index contributed by atoms with van der Waals surface area (Å²) < 4.78 is 0. The van der Waals surface area contributed by atoms with E-state index in [4.69, 9.17) is 4.98 Å². The number of nitrogens with zero attached hydrogens (tertiary/aromatic N) is 2. The lowest BCUT2D eigenvalue weighted by Gasteiger charge is -2.28. The number of aromatic nitrogens is 1. The van der Waals surface area contributed by atoms with E-state index in [9.17, 15) is 0 Å². The highest BCUT2D eigenvalue weighted by Gasteiger charge is 2.22. The zero-order valence-electron chi connectivity index (χ0n) is 17.9. The van der Waals surface area contributed by atoms with Crippen LogP contribution in [0.5, 0.6) is 0 Å². The van der Waals surface area contributed by atoms with Crippen molar-refractivity contribution in [2.45, 2.75) is 52.5 Å². The van der Waals surface area contributed by atoms with Crippen LogP contribution in [0.15, 0.2) is 54.4 Å². The maximum absolute atomic E-state index is 4.83. The van der Waals surface area contributed by atoms with Gasteiger partial charge in [-0.2, -0.15) is 0 Å². The van der Waals surface area contributed by atoms with E-state index in [0.29, 0.717) is 0 Å². The molecule has 1 aromatic heterocycles. The highest BCUT2D eigenvalue weighted by atomic mass is 15.2. The normalized spacial score (nSPS) is 17.1. The molecule has 0 saturated carbocycles. The number of pyridine rings is 1. The van der Waals surface area contributed by atoms with Crippen LogP contribution in [0, 0.1) is 6.92 Å². The van der Waals surface area contributed by atoms with Crippen LogP contribution in [-0.2, 0) is 6.42 Å². The van der Waals surface area contributed by atoms with Crippen molar-refractivity contribution < 1.29 is 0 Å². The van der Waals surface area contributed by atoms with Crippen LogP contribution < -0.4 is 15.5 Å². The largest absolute Gasteiger partial charge is 0.366 e. The Morgan fingerprint density at radius 1 is 1.07 bits per heavy atom. The number of fused-ring (bicyclic) bond motifs is 1. The highest BCUT2D eigenvalue weighted by molar-refractivity contribution is 5.75. The Morgan fingerprint density at radius 3 is 2.55 bits per heavy atom. The van der Waals surface area contributed by atoms with Gasteiger partial charge in [0.25, 0.3) is 0 Å². The lowest BCUT2D eigenvalue weighted by Crippen LogP contribution is -2.31.